The molecule has 0 N–H and O–H groups in total. The lowest BCUT2D eigenvalue weighted by Crippen LogP contribution is -1.97. The fourth-order valence-corrected chi connectivity index (χ4v) is 3.24. The van der Waals surface area contributed by atoms with Crippen LogP contribution < -0.4 is 0 Å². The molecule has 0 bridgehead atoms. The molecule has 0 fully saturated rings. The van der Waals surface area contributed by atoms with Gasteiger partial charge in [0.05, 0.1) is 27.0 Å². The van der Waals surface area contributed by atoms with Crippen LogP contribution in [0.1, 0.15) is 31.9 Å². The van der Waals surface area contributed by atoms with E-state index < -0.39 is 0 Å². The highest BCUT2D eigenvalue weighted by Gasteiger charge is 2.14. The van der Waals surface area contributed by atoms with E-state index in [4.69, 9.17) is 0 Å². The summed E-state index contributed by atoms with van der Waals surface area (Å²) in [6, 6.07) is 2.17. The second-order valence-corrected chi connectivity index (χ2v) is 6.39. The van der Waals surface area contributed by atoms with E-state index >= 15 is 0 Å². The van der Waals surface area contributed by atoms with Gasteiger partial charge in [-0.2, -0.15) is 0 Å². The van der Waals surface area contributed by atoms with Crippen molar-refractivity contribution in [1.29, 1.82) is 0 Å². The average Bonchev–Trinajstić information content (AvgIpc) is 3.18. The second-order valence-electron chi connectivity index (χ2n) is 4.62. The minimum atomic E-state index is 0.438. The summed E-state index contributed by atoms with van der Waals surface area (Å²) in [5.41, 5.74) is 6.95. The summed E-state index contributed by atoms with van der Waals surface area (Å²) in [6.45, 7) is 4.37. The first-order valence-electron chi connectivity index (χ1n) is 6.50. The van der Waals surface area contributed by atoms with Gasteiger partial charge >= 0.3 is 0 Å². The summed E-state index contributed by atoms with van der Waals surface area (Å²) in [4.78, 5) is 15.1. The summed E-state index contributed by atoms with van der Waals surface area (Å²) < 4.78 is 0. The molecule has 3 heterocycles. The van der Waals surface area contributed by atoms with Crippen LogP contribution in [0.15, 0.2) is 29.5 Å². The molecule has 5 heteroatoms. The molecule has 0 aliphatic rings. The Hall–Kier alpha value is -1.59. The van der Waals surface area contributed by atoms with Crippen molar-refractivity contribution in [3.63, 3.8) is 0 Å². The lowest BCUT2D eigenvalue weighted by molar-refractivity contribution is 0.708. The number of hydrogen-bond donors (Lipinski definition) is 0. The van der Waals surface area contributed by atoms with Gasteiger partial charge in [-0.25, -0.2) is 0 Å². The van der Waals surface area contributed by atoms with E-state index in [9.17, 15) is 0 Å². The van der Waals surface area contributed by atoms with Crippen LogP contribution in [0, 0.1) is 6.20 Å². The Morgan fingerprint density at radius 1 is 1.15 bits per heavy atom. The summed E-state index contributed by atoms with van der Waals surface area (Å²) in [6.07, 6.45) is 8.05. The van der Waals surface area contributed by atoms with Crippen molar-refractivity contribution >= 4 is 22.7 Å². The predicted molar refractivity (Wildman–Crippen MR) is 84.0 cm³/mol. The topological polar surface area (TPSA) is 38.7 Å². The smallest absolute Gasteiger partial charge is 0.0990 e. The van der Waals surface area contributed by atoms with Crippen molar-refractivity contribution < 1.29 is 0 Å². The number of nitrogens with zero attached hydrogens (tertiary/aromatic N) is 3. The highest BCUT2D eigenvalue weighted by Crippen LogP contribution is 2.36. The molecule has 1 radical (unpaired) electrons. The maximum absolute atomic E-state index is 4.51. The molecule has 1 atom stereocenters. The standard InChI is InChI=1S/C15H14N3S2/c1-3-10(2)13-4-11(14-6-16-8-19-14)12(5-18-13)15-7-17-9-20-15/h4,6-10H,3H2,1-2H3. The number of rotatable bonds is 4. The maximum Gasteiger partial charge on any atom is 0.0990 e. The predicted octanol–water partition coefficient (Wildman–Crippen LogP) is 4.64. The molecule has 1 unspecified atom stereocenters. The molecule has 3 aromatic heterocycles. The fourth-order valence-electron chi connectivity index (χ4n) is 1.96. The molecule has 0 aliphatic carbocycles. The Morgan fingerprint density at radius 3 is 2.45 bits per heavy atom. The van der Waals surface area contributed by atoms with Crippen LogP contribution in [-0.4, -0.2) is 15.0 Å². The minimum Gasteiger partial charge on any atom is -0.252 e. The van der Waals surface area contributed by atoms with Crippen LogP contribution in [0.5, 0.6) is 0 Å². The molecule has 20 heavy (non-hydrogen) atoms. The number of pyridine rings is 1. The van der Waals surface area contributed by atoms with E-state index in [-0.39, 0.29) is 0 Å². The summed E-state index contributed by atoms with van der Waals surface area (Å²) in [5.74, 6) is 0.438. The van der Waals surface area contributed by atoms with E-state index in [2.05, 4.69) is 41.1 Å². The average molecular weight is 300 g/mol. The third-order valence-electron chi connectivity index (χ3n) is 3.35. The van der Waals surface area contributed by atoms with Gasteiger partial charge in [0.1, 0.15) is 0 Å². The summed E-state index contributed by atoms with van der Waals surface area (Å²) >= 11 is 3.25. The van der Waals surface area contributed by atoms with Crippen LogP contribution in [0.25, 0.3) is 20.9 Å². The highest BCUT2D eigenvalue weighted by atomic mass is 32.1. The molecular weight excluding hydrogens is 286 g/mol. The van der Waals surface area contributed by atoms with E-state index in [1.54, 1.807) is 22.7 Å². The summed E-state index contributed by atoms with van der Waals surface area (Å²) in [5, 5.41) is 0. The van der Waals surface area contributed by atoms with Gasteiger partial charge in [0.15, 0.2) is 0 Å². The molecule has 3 aromatic rings. The van der Waals surface area contributed by atoms with Crippen molar-refractivity contribution in [3.05, 3.63) is 41.4 Å². The van der Waals surface area contributed by atoms with Crippen molar-refractivity contribution in [1.82, 2.24) is 15.0 Å². The van der Waals surface area contributed by atoms with Crippen LogP contribution in [0.2, 0.25) is 0 Å². The molecule has 0 saturated heterocycles. The van der Waals surface area contributed by atoms with Gasteiger partial charge in [-0.15, -0.1) is 22.7 Å². The second kappa shape index (κ2) is 5.81. The van der Waals surface area contributed by atoms with Crippen molar-refractivity contribution in [3.8, 4) is 20.9 Å². The zero-order chi connectivity index (χ0) is 13.9. The maximum atomic E-state index is 4.51. The van der Waals surface area contributed by atoms with E-state index in [1.165, 1.54) is 0 Å². The van der Waals surface area contributed by atoms with Gasteiger partial charge in [0.2, 0.25) is 0 Å². The zero-order valence-corrected chi connectivity index (χ0v) is 13.0. The van der Waals surface area contributed by atoms with E-state index in [0.717, 1.165) is 33.0 Å². The van der Waals surface area contributed by atoms with Crippen LogP contribution in [-0.2, 0) is 0 Å². The minimum absolute atomic E-state index is 0.438. The van der Waals surface area contributed by atoms with Crippen LogP contribution in [0.4, 0.5) is 0 Å². The molecule has 3 nitrogen and oxygen atoms in total. The van der Waals surface area contributed by atoms with Gasteiger partial charge < -0.3 is 0 Å². The monoisotopic (exact) mass is 300 g/mol. The van der Waals surface area contributed by atoms with E-state index in [1.807, 2.05) is 23.4 Å². The lowest BCUT2D eigenvalue weighted by Gasteiger charge is -2.11. The Kier molecular flexibility index (Phi) is 3.89. The first-order valence-corrected chi connectivity index (χ1v) is 8.26. The quantitative estimate of drug-likeness (QED) is 0.704. The number of thiazole rings is 2. The largest absolute Gasteiger partial charge is 0.252 e. The molecule has 3 rings (SSSR count). The lowest BCUT2D eigenvalue weighted by atomic mass is 9.99. The number of hydrogen-bond acceptors (Lipinski definition) is 5. The third kappa shape index (κ3) is 2.51. The van der Waals surface area contributed by atoms with Gasteiger partial charge in [0, 0.05) is 29.2 Å². The molecular formula is C15H14N3S2. The number of aromatic nitrogens is 3. The van der Waals surface area contributed by atoms with Crippen molar-refractivity contribution in [2.75, 3.05) is 0 Å². The fraction of sp³-hybridized carbons (Fsp3) is 0.267. The van der Waals surface area contributed by atoms with Gasteiger partial charge in [-0.05, 0) is 18.4 Å². The SMILES string of the molecule is CCC(C)c1cc(-c2cncs2)c(-c2cncs2)[c]n1. The Labute approximate surface area is 126 Å². The van der Waals surface area contributed by atoms with Gasteiger partial charge in [0.25, 0.3) is 0 Å². The van der Waals surface area contributed by atoms with Gasteiger partial charge in [-0.3, -0.25) is 15.0 Å². The van der Waals surface area contributed by atoms with E-state index in [0.29, 0.717) is 5.92 Å². The first-order chi connectivity index (χ1) is 9.79. The Balaban J connectivity index is 2.15. The molecule has 0 aliphatic heterocycles. The molecule has 0 saturated carbocycles. The van der Waals surface area contributed by atoms with Crippen molar-refractivity contribution in [2.24, 2.45) is 0 Å². The Morgan fingerprint density at radius 2 is 1.85 bits per heavy atom. The highest BCUT2D eigenvalue weighted by molar-refractivity contribution is 7.14. The molecule has 0 amide bonds. The first kappa shape index (κ1) is 13.4. The molecule has 0 spiro atoms. The van der Waals surface area contributed by atoms with Gasteiger partial charge in [-0.1, -0.05) is 13.8 Å². The van der Waals surface area contributed by atoms with Crippen molar-refractivity contribution in [2.45, 2.75) is 26.2 Å². The van der Waals surface area contributed by atoms with Crippen LogP contribution in [0.3, 0.4) is 0 Å². The third-order valence-corrected chi connectivity index (χ3v) is 4.95. The summed E-state index contributed by atoms with van der Waals surface area (Å²) in [7, 11) is 0. The molecule has 0 aromatic carbocycles. The van der Waals surface area contributed by atoms with Crippen LogP contribution >= 0.6 is 22.7 Å². The Bertz CT molecular complexity index is 675. The zero-order valence-electron chi connectivity index (χ0n) is 11.3. The normalized spacial score (nSPS) is 12.5. The molecule has 101 valence electrons.